The van der Waals surface area contributed by atoms with Crippen LogP contribution in [-0.2, 0) is 12.4 Å². The minimum atomic E-state index is -5.13. The Bertz CT molecular complexity index is 1460. The molecule has 2 atom stereocenters. The fourth-order valence-electron chi connectivity index (χ4n) is 4.97. The van der Waals surface area contributed by atoms with E-state index < -0.39 is 65.5 Å². The van der Waals surface area contributed by atoms with E-state index in [1.54, 1.807) is 0 Å². The molecule has 1 aliphatic heterocycles. The van der Waals surface area contributed by atoms with Gasteiger partial charge in [-0.15, -0.1) is 0 Å². The number of benzene rings is 3. The first-order valence-corrected chi connectivity index (χ1v) is 12.9. The second-order valence-electron chi connectivity index (χ2n) is 10.1. The Balaban J connectivity index is 1.64. The van der Waals surface area contributed by atoms with Crippen LogP contribution in [0.3, 0.4) is 0 Å². The topological polar surface area (TPSA) is 53.1 Å². The van der Waals surface area contributed by atoms with Crippen molar-refractivity contribution < 1.29 is 53.8 Å². The molecule has 1 saturated heterocycles. The van der Waals surface area contributed by atoms with Gasteiger partial charge in [-0.05, 0) is 60.2 Å². The number of likely N-dealkylation sites (tertiary alicyclic amines) is 1. The lowest BCUT2D eigenvalue weighted by Gasteiger charge is -2.33. The summed E-state index contributed by atoms with van der Waals surface area (Å²) in [7, 11) is 2.30. The molecule has 0 unspecified atom stereocenters. The zero-order chi connectivity index (χ0) is 32.6. The summed E-state index contributed by atoms with van der Waals surface area (Å²) in [5.74, 6) is -1.94. The molecule has 1 aliphatic rings. The summed E-state index contributed by atoms with van der Waals surface area (Å²) in [6.07, 6.45) is -10.3. The predicted molar refractivity (Wildman–Crippen MR) is 140 cm³/mol. The van der Waals surface area contributed by atoms with Gasteiger partial charge in [0.05, 0.1) is 17.2 Å². The number of carbonyl (C=O) groups is 2. The van der Waals surface area contributed by atoms with E-state index in [2.05, 4.69) is 4.74 Å². The SMILES string of the molecule is CN(C(=O)N(C)[C@@H]1CN(C(=O)c2ccc(OC(F)F)cc2)C[C@H]1c1ccc(F)cc1)c1cc(C(F)(F)F)cc(C(F)(F)F)c1. The molecule has 236 valence electrons. The van der Waals surface area contributed by atoms with Crippen LogP contribution in [-0.4, -0.2) is 61.6 Å². The van der Waals surface area contributed by atoms with Crippen LogP contribution in [0.1, 0.15) is 33.0 Å². The molecule has 15 heteroatoms. The number of ether oxygens (including phenoxy) is 1. The first kappa shape index (κ1) is 32.5. The number of alkyl halides is 8. The van der Waals surface area contributed by atoms with E-state index in [0.29, 0.717) is 22.6 Å². The second-order valence-corrected chi connectivity index (χ2v) is 10.1. The summed E-state index contributed by atoms with van der Waals surface area (Å²) in [6.45, 7) is -3.20. The fourth-order valence-corrected chi connectivity index (χ4v) is 4.97. The van der Waals surface area contributed by atoms with Crippen molar-refractivity contribution in [3.8, 4) is 5.75 Å². The average Bonchev–Trinajstić information content (AvgIpc) is 3.40. The third-order valence-electron chi connectivity index (χ3n) is 7.25. The predicted octanol–water partition coefficient (Wildman–Crippen LogP) is 7.26. The molecule has 3 aromatic carbocycles. The van der Waals surface area contributed by atoms with E-state index in [-0.39, 0.29) is 30.5 Å². The van der Waals surface area contributed by atoms with E-state index in [1.807, 2.05) is 0 Å². The number of halogens is 9. The molecule has 3 aromatic rings. The quantitative estimate of drug-likeness (QED) is 0.269. The van der Waals surface area contributed by atoms with Crippen LogP contribution in [0.25, 0.3) is 0 Å². The van der Waals surface area contributed by atoms with Gasteiger partial charge in [-0.1, -0.05) is 12.1 Å². The smallest absolute Gasteiger partial charge is 0.416 e. The van der Waals surface area contributed by atoms with Gasteiger partial charge in [0.1, 0.15) is 11.6 Å². The summed E-state index contributed by atoms with van der Waals surface area (Å²) < 4.78 is 123. The van der Waals surface area contributed by atoms with Crippen LogP contribution in [0.5, 0.6) is 5.75 Å². The standard InChI is InChI=1S/C29H24F9N3O3/c1-39(21-12-18(28(33,34)35)11-19(13-21)29(36,37)38)27(43)40(2)24-15-41(14-23(24)16-3-7-20(30)8-4-16)25(42)17-5-9-22(10-6-17)44-26(31)32/h3-13,23-24,26H,14-15H2,1-2H3/t23-,24+/m0/s1. The fraction of sp³-hybridized carbons (Fsp3) is 0.310. The Hall–Kier alpha value is -4.43. The highest BCUT2D eigenvalue weighted by molar-refractivity contribution is 5.95. The second kappa shape index (κ2) is 12.3. The minimum Gasteiger partial charge on any atom is -0.435 e. The molecule has 3 amide bonds. The van der Waals surface area contributed by atoms with Gasteiger partial charge in [-0.3, -0.25) is 9.69 Å². The molecule has 4 rings (SSSR count). The highest BCUT2D eigenvalue weighted by Crippen LogP contribution is 2.39. The van der Waals surface area contributed by atoms with Gasteiger partial charge in [0.15, 0.2) is 0 Å². The molecule has 44 heavy (non-hydrogen) atoms. The zero-order valence-corrected chi connectivity index (χ0v) is 23.0. The van der Waals surface area contributed by atoms with Crippen LogP contribution in [0.15, 0.2) is 66.7 Å². The van der Waals surface area contributed by atoms with Gasteiger partial charge in [0, 0.05) is 44.4 Å². The number of likely N-dealkylation sites (N-methyl/N-ethyl adjacent to an activating group) is 1. The van der Waals surface area contributed by atoms with Gasteiger partial charge in [0.2, 0.25) is 0 Å². The average molecular weight is 634 g/mol. The minimum absolute atomic E-state index is 0.00642. The Labute approximate surface area is 245 Å². The summed E-state index contributed by atoms with van der Waals surface area (Å²) in [5, 5.41) is 0. The number of hydrogen-bond donors (Lipinski definition) is 0. The molecule has 1 heterocycles. The van der Waals surface area contributed by atoms with Crippen molar-refractivity contribution >= 4 is 17.6 Å². The normalized spacial score (nSPS) is 17.1. The lowest BCUT2D eigenvalue weighted by atomic mass is 9.93. The molecule has 0 saturated carbocycles. The van der Waals surface area contributed by atoms with Crippen molar-refractivity contribution in [1.82, 2.24) is 9.80 Å². The van der Waals surface area contributed by atoms with Crippen LogP contribution >= 0.6 is 0 Å². The van der Waals surface area contributed by atoms with Crippen LogP contribution in [0.4, 0.5) is 50.0 Å². The van der Waals surface area contributed by atoms with E-state index >= 15 is 0 Å². The molecule has 6 nitrogen and oxygen atoms in total. The van der Waals surface area contributed by atoms with E-state index in [1.165, 1.54) is 48.3 Å². The summed E-state index contributed by atoms with van der Waals surface area (Å²) in [5.41, 5.74) is -3.26. The van der Waals surface area contributed by atoms with Crippen LogP contribution in [0.2, 0.25) is 0 Å². The van der Waals surface area contributed by atoms with Gasteiger partial charge in [0.25, 0.3) is 5.91 Å². The maximum atomic E-state index is 13.7. The van der Waals surface area contributed by atoms with E-state index in [9.17, 15) is 49.1 Å². The lowest BCUT2D eigenvalue weighted by molar-refractivity contribution is -0.143. The van der Waals surface area contributed by atoms with Gasteiger partial charge < -0.3 is 14.5 Å². The third-order valence-corrected chi connectivity index (χ3v) is 7.25. The molecule has 0 spiro atoms. The van der Waals surface area contributed by atoms with Crippen LogP contribution < -0.4 is 9.64 Å². The number of carbonyl (C=O) groups excluding carboxylic acids is 2. The summed E-state index contributed by atoms with van der Waals surface area (Å²) in [6, 6.07) is 9.00. The maximum absolute atomic E-state index is 13.7. The molecule has 0 N–H and O–H groups in total. The van der Waals surface area contributed by atoms with Crippen molar-refractivity contribution in [3.63, 3.8) is 0 Å². The largest absolute Gasteiger partial charge is 0.435 e. The lowest BCUT2D eigenvalue weighted by Crippen LogP contribution is -2.47. The summed E-state index contributed by atoms with van der Waals surface area (Å²) in [4.78, 5) is 29.9. The first-order chi connectivity index (χ1) is 20.5. The van der Waals surface area contributed by atoms with Gasteiger partial charge in [-0.25, -0.2) is 9.18 Å². The van der Waals surface area contributed by atoms with Gasteiger partial charge >= 0.3 is 25.0 Å². The van der Waals surface area contributed by atoms with Crippen molar-refractivity contribution in [2.24, 2.45) is 0 Å². The highest BCUT2D eigenvalue weighted by Gasteiger charge is 2.42. The molecule has 0 bridgehead atoms. The molecule has 1 fully saturated rings. The van der Waals surface area contributed by atoms with Crippen molar-refractivity contribution in [3.05, 3.63) is 94.8 Å². The maximum Gasteiger partial charge on any atom is 0.416 e. The molecular formula is C29H24F9N3O3. The number of anilines is 1. The Morgan fingerprint density at radius 2 is 1.39 bits per heavy atom. The van der Waals surface area contributed by atoms with E-state index in [4.69, 9.17) is 0 Å². The number of urea groups is 1. The van der Waals surface area contributed by atoms with Crippen LogP contribution in [0, 0.1) is 5.82 Å². The van der Waals surface area contributed by atoms with E-state index in [0.717, 1.165) is 24.1 Å². The molecule has 0 aliphatic carbocycles. The zero-order valence-electron chi connectivity index (χ0n) is 23.0. The number of amides is 3. The number of rotatable bonds is 6. The molecule has 0 aromatic heterocycles. The number of hydrogen-bond acceptors (Lipinski definition) is 3. The Kier molecular flexibility index (Phi) is 9.07. The monoisotopic (exact) mass is 633 g/mol. The van der Waals surface area contributed by atoms with Crippen molar-refractivity contribution in [1.29, 1.82) is 0 Å². The highest BCUT2D eigenvalue weighted by atomic mass is 19.4. The van der Waals surface area contributed by atoms with Gasteiger partial charge in [-0.2, -0.15) is 35.1 Å². The van der Waals surface area contributed by atoms with Crippen molar-refractivity contribution in [2.45, 2.75) is 30.9 Å². The molecule has 0 radical (unpaired) electrons. The summed E-state index contributed by atoms with van der Waals surface area (Å²) >= 11 is 0. The first-order valence-electron chi connectivity index (χ1n) is 12.9. The third kappa shape index (κ3) is 7.19. The molecular weight excluding hydrogens is 609 g/mol. The van der Waals surface area contributed by atoms with Crippen molar-refractivity contribution in [2.75, 3.05) is 32.1 Å². The Morgan fingerprint density at radius 1 is 0.841 bits per heavy atom. The number of nitrogens with zero attached hydrogens (tertiary/aromatic N) is 3. The Morgan fingerprint density at radius 3 is 1.89 bits per heavy atom.